The maximum Gasteiger partial charge on any atom is 0.316 e. The van der Waals surface area contributed by atoms with Gasteiger partial charge in [-0.2, -0.15) is 0 Å². The van der Waals surface area contributed by atoms with Gasteiger partial charge < -0.3 is 10.1 Å². The van der Waals surface area contributed by atoms with Gasteiger partial charge in [-0.3, -0.25) is 4.79 Å². The van der Waals surface area contributed by atoms with Crippen LogP contribution in [0.25, 0.3) is 0 Å². The first kappa shape index (κ1) is 24.0. The summed E-state index contributed by atoms with van der Waals surface area (Å²) in [5.41, 5.74) is 4.62. The zero-order chi connectivity index (χ0) is 20.2. The molecule has 0 saturated heterocycles. The summed E-state index contributed by atoms with van der Waals surface area (Å²) in [5, 5.41) is 8.40. The van der Waals surface area contributed by atoms with Crippen molar-refractivity contribution in [3.8, 4) is 0 Å². The van der Waals surface area contributed by atoms with E-state index < -0.39 is 0 Å². The molecule has 1 heterocycles. The van der Waals surface area contributed by atoms with Gasteiger partial charge in [-0.1, -0.05) is 45.9 Å². The minimum atomic E-state index is -0.0425. The molecule has 0 bridgehead atoms. The Kier molecular flexibility index (Phi) is 8.10. The van der Waals surface area contributed by atoms with Gasteiger partial charge in [0.25, 0.3) is 0 Å². The number of rotatable bonds is 2. The first-order chi connectivity index (χ1) is 12.6. The molecular weight excluding hydrogens is 526 g/mol. The molecule has 0 unspecified atom stereocenters. The Labute approximate surface area is 182 Å². The minimum absolute atomic E-state index is 0. The molecule has 151 valence electrons. The van der Waals surface area contributed by atoms with Crippen LogP contribution >= 0.6 is 0 Å². The van der Waals surface area contributed by atoms with E-state index in [1.807, 2.05) is 12.1 Å². The largest absolute Gasteiger partial charge is 0.512 e. The van der Waals surface area contributed by atoms with E-state index in [1.54, 1.807) is 0 Å². The number of hydrogen-bond donors (Lipinski definition) is 1. The van der Waals surface area contributed by atoms with Crippen molar-refractivity contribution >= 4 is 17.2 Å². The second kappa shape index (κ2) is 9.45. The van der Waals surface area contributed by atoms with E-state index in [4.69, 9.17) is 14.9 Å². The molecule has 0 saturated carbocycles. The van der Waals surface area contributed by atoms with Gasteiger partial charge in [0.2, 0.25) is 0 Å². The van der Waals surface area contributed by atoms with Gasteiger partial charge >= 0.3 is 5.78 Å². The molecule has 1 aliphatic heterocycles. The van der Waals surface area contributed by atoms with Crippen molar-refractivity contribution in [2.75, 3.05) is 0 Å². The summed E-state index contributed by atoms with van der Waals surface area (Å²) in [4.78, 5) is 13.4. The van der Waals surface area contributed by atoms with E-state index in [-0.39, 0.29) is 42.5 Å². The average Bonchev–Trinajstić information content (AvgIpc) is 2.59. The van der Waals surface area contributed by atoms with Crippen molar-refractivity contribution in [1.82, 2.24) is 0 Å². The molecule has 0 atom stereocenters. The van der Waals surface area contributed by atoms with Crippen LogP contribution in [0.4, 0.5) is 5.69 Å². The van der Waals surface area contributed by atoms with E-state index in [9.17, 15) is 0 Å². The second-order valence-corrected chi connectivity index (χ2v) is 7.93. The normalized spacial score (nSPS) is 16.5. The summed E-state index contributed by atoms with van der Waals surface area (Å²) < 4.78 is 0. The van der Waals surface area contributed by atoms with E-state index >= 15 is 0 Å². The maximum absolute atomic E-state index is 8.40. The minimum Gasteiger partial charge on any atom is -0.512 e. The van der Waals surface area contributed by atoms with Crippen LogP contribution in [0, 0.1) is 11.5 Å². The molecule has 0 fully saturated rings. The number of ketones is 1. The van der Waals surface area contributed by atoms with Crippen LogP contribution < -0.4 is 0 Å². The zero-order valence-electron chi connectivity index (χ0n) is 17.4. The number of aliphatic imine (C=N–C) groups is 1. The van der Waals surface area contributed by atoms with Gasteiger partial charge in [-0.25, -0.2) is 0 Å². The molecule has 2 aromatic carbocycles. The summed E-state index contributed by atoms with van der Waals surface area (Å²) in [6, 6.07) is 19.9. The van der Waals surface area contributed by atoms with Gasteiger partial charge in [-0.05, 0) is 35.1 Å². The second-order valence-electron chi connectivity index (χ2n) is 7.93. The maximum atomic E-state index is 8.40. The van der Waals surface area contributed by atoms with E-state index in [1.165, 1.54) is 25.5 Å². The molecule has 3 nitrogen and oxygen atoms in total. The number of aliphatic hydroxyl groups excluding tert-OH is 1. The molecular formula is C24H29IrNO2. The monoisotopic (exact) mass is 556 g/mol. The van der Waals surface area contributed by atoms with Crippen molar-refractivity contribution in [1.29, 1.82) is 0 Å². The third-order valence-electron chi connectivity index (χ3n) is 5.35. The molecule has 4 heteroatoms. The fourth-order valence-corrected chi connectivity index (χ4v) is 3.23. The van der Waals surface area contributed by atoms with Crippen molar-refractivity contribution in [3.05, 3.63) is 77.6 Å². The Morgan fingerprint density at radius 2 is 1.61 bits per heavy atom. The zero-order valence-corrected chi connectivity index (χ0v) is 19.8. The predicted octanol–water partition coefficient (Wildman–Crippen LogP) is 5.94. The van der Waals surface area contributed by atoms with Gasteiger partial charge in [0.1, 0.15) is 0 Å². The molecule has 0 aliphatic carbocycles. The fourth-order valence-electron chi connectivity index (χ4n) is 3.23. The van der Waals surface area contributed by atoms with Crippen molar-refractivity contribution in [2.24, 2.45) is 10.4 Å². The predicted molar refractivity (Wildman–Crippen MR) is 114 cm³/mol. The number of benzene rings is 2. The first-order valence-corrected chi connectivity index (χ1v) is 9.13. The Hall–Kier alpha value is -2.03. The quantitative estimate of drug-likeness (QED) is 0.212. The SMILES string of the molecule is CC(=[OH+])/C=C(/C)O.CC1(C)C(c2[c-]cccc2)=Nc2ccccc2C1(C)C.[Ir]. The van der Waals surface area contributed by atoms with Crippen molar-refractivity contribution in [3.63, 3.8) is 0 Å². The molecule has 28 heavy (non-hydrogen) atoms. The first-order valence-electron chi connectivity index (χ1n) is 9.13. The van der Waals surface area contributed by atoms with E-state index in [0.29, 0.717) is 0 Å². The smallest absolute Gasteiger partial charge is 0.316 e. The molecule has 2 aromatic rings. The fraction of sp³-hybridized carbons (Fsp3) is 0.333. The Bertz CT molecular complexity index is 876. The van der Waals surface area contributed by atoms with E-state index in [2.05, 4.69) is 70.2 Å². The third kappa shape index (κ3) is 5.06. The van der Waals surface area contributed by atoms with Crippen LogP contribution in [0.3, 0.4) is 0 Å². The standard InChI is InChI=1S/C19H20N.C5H8O2.Ir/c1-18(2)15-12-8-9-13-16(15)20-17(19(18,3)4)14-10-6-5-7-11-14;1-4(6)3-5(2)7;/h5-10,12-13H,1-4H3;3,6H,1-2H3;/q-1;;/p+1/b;4-3-;. The molecule has 2 N–H and O–H groups in total. The summed E-state index contributed by atoms with van der Waals surface area (Å²) in [6.45, 7) is 12.2. The van der Waals surface area contributed by atoms with Crippen LogP contribution in [0.15, 0.2) is 65.4 Å². The van der Waals surface area contributed by atoms with Crippen LogP contribution in [0.1, 0.15) is 52.7 Å². The number of fused-ring (bicyclic) bond motifs is 1. The number of nitrogens with zero attached hydrogens (tertiary/aromatic N) is 1. The van der Waals surface area contributed by atoms with E-state index in [0.717, 1.165) is 17.0 Å². The number of para-hydroxylation sites is 1. The summed E-state index contributed by atoms with van der Waals surface area (Å²) in [5.74, 6) is 0.250. The molecule has 1 radical (unpaired) electrons. The third-order valence-corrected chi connectivity index (χ3v) is 5.35. The Morgan fingerprint density at radius 3 is 2.11 bits per heavy atom. The molecule has 3 rings (SSSR count). The number of carbonyl (C=O) groups excluding carboxylic acids is 1. The Morgan fingerprint density at radius 1 is 1.00 bits per heavy atom. The Balaban J connectivity index is 0.000000425. The number of allylic oxidation sites excluding steroid dienone is 2. The van der Waals surface area contributed by atoms with Crippen LogP contribution in [-0.4, -0.2) is 21.4 Å². The molecule has 0 aromatic heterocycles. The summed E-state index contributed by atoms with van der Waals surface area (Å²) in [7, 11) is 0. The average molecular weight is 556 g/mol. The van der Waals surface area contributed by atoms with Crippen LogP contribution in [-0.2, 0) is 25.5 Å². The van der Waals surface area contributed by atoms with Crippen molar-refractivity contribution in [2.45, 2.75) is 47.0 Å². The number of hydrogen-bond acceptors (Lipinski definition) is 2. The van der Waals surface area contributed by atoms with Crippen LogP contribution in [0.5, 0.6) is 0 Å². The van der Waals surface area contributed by atoms with Gasteiger partial charge in [0.05, 0.1) is 24.4 Å². The van der Waals surface area contributed by atoms with Crippen LogP contribution in [0.2, 0.25) is 0 Å². The van der Waals surface area contributed by atoms with Gasteiger partial charge in [0.15, 0.2) is 0 Å². The van der Waals surface area contributed by atoms with Crippen molar-refractivity contribution < 1.29 is 30.0 Å². The van der Waals surface area contributed by atoms with Gasteiger partial charge in [0, 0.05) is 20.1 Å². The molecule has 0 spiro atoms. The summed E-state index contributed by atoms with van der Waals surface area (Å²) in [6.07, 6.45) is 1.28. The summed E-state index contributed by atoms with van der Waals surface area (Å²) >= 11 is 0. The molecule has 1 aliphatic rings. The van der Waals surface area contributed by atoms with Gasteiger partial charge in [-0.15, -0.1) is 35.9 Å². The molecule has 0 amide bonds. The number of aliphatic hydroxyl groups is 1. The topological polar surface area (TPSA) is 54.0 Å².